The minimum atomic E-state index is -3.33. The number of nitrogens with zero attached hydrogens (tertiary/aromatic N) is 4. The Labute approximate surface area is 175 Å². The van der Waals surface area contributed by atoms with Gasteiger partial charge in [-0.2, -0.15) is 9.29 Å². The third kappa shape index (κ3) is 3.40. The lowest BCUT2D eigenvalue weighted by molar-refractivity contribution is 0.0951. The minimum Gasteiger partial charge on any atom is -0.390 e. The van der Waals surface area contributed by atoms with Crippen LogP contribution in [-0.2, 0) is 10.0 Å². The molecule has 3 fully saturated rings. The summed E-state index contributed by atoms with van der Waals surface area (Å²) in [5, 5.41) is 14.4. The molecule has 3 atom stereocenters. The summed E-state index contributed by atoms with van der Waals surface area (Å²) in [4.78, 5) is 21.8. The molecule has 10 heteroatoms. The predicted molar refractivity (Wildman–Crippen MR) is 113 cm³/mol. The van der Waals surface area contributed by atoms with Gasteiger partial charge in [0.15, 0.2) is 0 Å². The van der Waals surface area contributed by atoms with Crippen molar-refractivity contribution in [3.63, 3.8) is 0 Å². The van der Waals surface area contributed by atoms with Crippen LogP contribution in [0.25, 0.3) is 11.0 Å². The van der Waals surface area contributed by atoms with E-state index in [1.54, 1.807) is 18.3 Å². The van der Waals surface area contributed by atoms with Gasteiger partial charge in [-0.25, -0.2) is 13.4 Å². The molecule has 1 aliphatic heterocycles. The Morgan fingerprint density at radius 3 is 2.73 bits per heavy atom. The van der Waals surface area contributed by atoms with Gasteiger partial charge in [0.2, 0.25) is 16.0 Å². The first-order valence-electron chi connectivity index (χ1n) is 10.5. The summed E-state index contributed by atoms with van der Waals surface area (Å²) in [7, 11) is -3.33. The highest BCUT2D eigenvalue weighted by atomic mass is 32.2. The van der Waals surface area contributed by atoms with Crippen molar-refractivity contribution in [2.24, 2.45) is 5.41 Å². The van der Waals surface area contributed by atoms with Crippen molar-refractivity contribution in [2.75, 3.05) is 24.7 Å². The largest absolute Gasteiger partial charge is 0.390 e. The minimum absolute atomic E-state index is 0.0354. The standard InChI is InChI=1S/C20H27N5O4S/c1-30(28,29)24-10-6-14(15(26)12-24)22-19-21-11-13-4-5-17(27)25(18(13)23-19)16-3-2-7-20(16)8-9-20/h4-5,11,14-16,26H,2-3,6-10,12H2,1H3,(H,21,22,23)/t14?,15?,16-/m0/s1. The van der Waals surface area contributed by atoms with Gasteiger partial charge in [-0.1, -0.05) is 6.42 Å². The van der Waals surface area contributed by atoms with Crippen LogP contribution in [0.5, 0.6) is 0 Å². The van der Waals surface area contributed by atoms with Crippen LogP contribution >= 0.6 is 0 Å². The van der Waals surface area contributed by atoms with Gasteiger partial charge in [-0.15, -0.1) is 0 Å². The SMILES string of the molecule is CS(=O)(=O)N1CCC(Nc2ncc3ccc(=O)n([C@H]4CCCC45CC5)c3n2)C(O)C1. The number of nitrogens with one attached hydrogen (secondary N) is 1. The number of rotatable bonds is 4. The van der Waals surface area contributed by atoms with Gasteiger partial charge in [0, 0.05) is 36.8 Å². The van der Waals surface area contributed by atoms with Crippen LogP contribution in [0.15, 0.2) is 23.1 Å². The summed E-state index contributed by atoms with van der Waals surface area (Å²) >= 11 is 0. The van der Waals surface area contributed by atoms with E-state index >= 15 is 0 Å². The average Bonchev–Trinajstić information content (AvgIpc) is 3.35. The zero-order chi connectivity index (χ0) is 21.1. The highest BCUT2D eigenvalue weighted by Gasteiger charge is 2.53. The fraction of sp³-hybridized carbons (Fsp3) is 0.650. The Balaban J connectivity index is 1.44. The smallest absolute Gasteiger partial charge is 0.252 e. The molecule has 2 N–H and O–H groups in total. The van der Waals surface area contributed by atoms with Crippen molar-refractivity contribution in [1.82, 2.24) is 18.8 Å². The van der Waals surface area contributed by atoms with Crippen LogP contribution in [0.4, 0.5) is 5.95 Å². The second-order valence-electron chi connectivity index (χ2n) is 9.01. The van der Waals surface area contributed by atoms with E-state index in [4.69, 9.17) is 0 Å². The van der Waals surface area contributed by atoms with Gasteiger partial charge in [0.1, 0.15) is 5.65 Å². The summed E-state index contributed by atoms with van der Waals surface area (Å²) in [6.45, 7) is 0.371. The molecule has 9 nitrogen and oxygen atoms in total. The molecule has 2 unspecified atom stereocenters. The topological polar surface area (TPSA) is 117 Å². The highest BCUT2D eigenvalue weighted by molar-refractivity contribution is 7.88. The predicted octanol–water partition coefficient (Wildman–Crippen LogP) is 1.10. The number of fused-ring (bicyclic) bond motifs is 1. The number of anilines is 1. The van der Waals surface area contributed by atoms with Crippen LogP contribution in [0.1, 0.15) is 44.6 Å². The third-order valence-electron chi connectivity index (χ3n) is 7.06. The Morgan fingerprint density at radius 2 is 2.03 bits per heavy atom. The molecule has 3 heterocycles. The molecule has 3 aliphatic rings. The van der Waals surface area contributed by atoms with Crippen molar-refractivity contribution in [2.45, 2.75) is 56.7 Å². The van der Waals surface area contributed by atoms with Crippen molar-refractivity contribution in [1.29, 1.82) is 0 Å². The maximum Gasteiger partial charge on any atom is 0.252 e. The number of sulfonamides is 1. The average molecular weight is 434 g/mol. The van der Waals surface area contributed by atoms with Crippen molar-refractivity contribution < 1.29 is 13.5 Å². The molecule has 1 spiro atoms. The summed E-state index contributed by atoms with van der Waals surface area (Å²) in [5.41, 5.74) is 0.846. The molecule has 0 radical (unpaired) electrons. The Bertz CT molecular complexity index is 1140. The van der Waals surface area contributed by atoms with E-state index < -0.39 is 16.1 Å². The van der Waals surface area contributed by atoms with Crippen LogP contribution in [0, 0.1) is 5.41 Å². The molecule has 162 valence electrons. The number of aromatic nitrogens is 3. The van der Waals surface area contributed by atoms with Crippen molar-refractivity contribution >= 4 is 27.0 Å². The molecule has 2 aromatic rings. The van der Waals surface area contributed by atoms with Crippen LogP contribution in [0.2, 0.25) is 0 Å². The second-order valence-corrected chi connectivity index (χ2v) is 11.0. The number of aliphatic hydroxyl groups excluding tert-OH is 1. The van der Waals surface area contributed by atoms with Gasteiger partial charge >= 0.3 is 0 Å². The molecule has 0 amide bonds. The number of β-amino-alcohol motifs (C(OH)–C–C–N with tert-alkyl or cyclic N) is 1. The van der Waals surface area contributed by atoms with Gasteiger partial charge in [0.05, 0.1) is 18.4 Å². The first-order chi connectivity index (χ1) is 14.3. The molecular formula is C20H27N5O4S. The lowest BCUT2D eigenvalue weighted by Gasteiger charge is -2.34. The second kappa shape index (κ2) is 7.00. The zero-order valence-electron chi connectivity index (χ0n) is 17.0. The molecule has 2 saturated carbocycles. The summed E-state index contributed by atoms with van der Waals surface area (Å²) in [5.74, 6) is 0.349. The fourth-order valence-electron chi connectivity index (χ4n) is 5.21. The van der Waals surface area contributed by atoms with Crippen LogP contribution in [-0.4, -0.2) is 63.9 Å². The summed E-state index contributed by atoms with van der Waals surface area (Å²) in [6.07, 6.45) is 8.06. The van der Waals surface area contributed by atoms with Gasteiger partial charge < -0.3 is 10.4 Å². The number of hydrogen-bond acceptors (Lipinski definition) is 7. The van der Waals surface area contributed by atoms with Crippen LogP contribution < -0.4 is 10.9 Å². The van der Waals surface area contributed by atoms with Gasteiger partial charge in [-0.05, 0) is 43.6 Å². The number of aliphatic hydroxyl groups is 1. The number of pyridine rings is 1. The highest BCUT2D eigenvalue weighted by Crippen LogP contribution is 2.63. The zero-order valence-corrected chi connectivity index (χ0v) is 17.8. The van der Waals surface area contributed by atoms with E-state index in [1.807, 2.05) is 4.57 Å². The van der Waals surface area contributed by atoms with E-state index in [0.717, 1.165) is 24.5 Å². The first kappa shape index (κ1) is 19.9. The molecule has 5 rings (SSSR count). The maximum atomic E-state index is 12.8. The van der Waals surface area contributed by atoms with E-state index in [0.29, 0.717) is 24.6 Å². The number of hydrogen-bond donors (Lipinski definition) is 2. The summed E-state index contributed by atoms with van der Waals surface area (Å²) < 4.78 is 26.6. The van der Waals surface area contributed by atoms with E-state index in [1.165, 1.54) is 23.6 Å². The monoisotopic (exact) mass is 433 g/mol. The van der Waals surface area contributed by atoms with E-state index in [2.05, 4.69) is 15.3 Å². The van der Waals surface area contributed by atoms with Crippen molar-refractivity contribution in [3.8, 4) is 0 Å². The van der Waals surface area contributed by atoms with E-state index in [9.17, 15) is 18.3 Å². The summed E-state index contributed by atoms with van der Waals surface area (Å²) in [6, 6.07) is 3.18. The Hall–Kier alpha value is -2.04. The lowest BCUT2D eigenvalue weighted by atomic mass is 10.00. The normalized spacial score (nSPS) is 28.8. The Kier molecular flexibility index (Phi) is 4.64. The Morgan fingerprint density at radius 1 is 1.23 bits per heavy atom. The maximum absolute atomic E-state index is 12.8. The first-order valence-corrected chi connectivity index (χ1v) is 12.4. The van der Waals surface area contributed by atoms with Gasteiger partial charge in [-0.3, -0.25) is 9.36 Å². The number of piperidine rings is 1. The quantitative estimate of drug-likeness (QED) is 0.741. The molecule has 2 aliphatic carbocycles. The molecule has 2 aromatic heterocycles. The van der Waals surface area contributed by atoms with Gasteiger partial charge in [0.25, 0.3) is 5.56 Å². The van der Waals surface area contributed by atoms with E-state index in [-0.39, 0.29) is 29.6 Å². The molecule has 0 bridgehead atoms. The molecule has 1 saturated heterocycles. The lowest BCUT2D eigenvalue weighted by Crippen LogP contribution is -2.51. The molecule has 0 aromatic carbocycles. The third-order valence-corrected chi connectivity index (χ3v) is 8.33. The molecule has 30 heavy (non-hydrogen) atoms. The van der Waals surface area contributed by atoms with Crippen molar-refractivity contribution in [3.05, 3.63) is 28.7 Å². The van der Waals surface area contributed by atoms with Crippen LogP contribution in [0.3, 0.4) is 0 Å². The fourth-order valence-corrected chi connectivity index (χ4v) is 6.07. The molecular weight excluding hydrogens is 406 g/mol.